The van der Waals surface area contributed by atoms with Gasteiger partial charge in [0.15, 0.2) is 0 Å². The lowest BCUT2D eigenvalue weighted by Gasteiger charge is -2.28. The van der Waals surface area contributed by atoms with Crippen LogP contribution in [0.15, 0.2) is 0 Å². The molecule has 0 amide bonds. The maximum atomic E-state index is 10.7. The summed E-state index contributed by atoms with van der Waals surface area (Å²) < 4.78 is 57.5. The zero-order valence-electron chi connectivity index (χ0n) is 9.87. The first kappa shape index (κ1) is 16.7. The number of likely N-dealkylation sites (tertiary alicyclic amines) is 1. The lowest BCUT2D eigenvalue weighted by atomic mass is 9.99. The van der Waals surface area contributed by atoms with Gasteiger partial charge in [0.1, 0.15) is 0 Å². The molecule has 0 radical (unpaired) electrons. The third kappa shape index (κ3) is 6.85. The number of alkyl halides is 3. The Morgan fingerprint density at radius 3 is 1.88 bits per heavy atom. The van der Waals surface area contributed by atoms with Crippen LogP contribution in [0.2, 0.25) is 0 Å². The second-order valence-electron chi connectivity index (χ2n) is 4.04. The van der Waals surface area contributed by atoms with Gasteiger partial charge < -0.3 is 4.90 Å². The van der Waals surface area contributed by atoms with E-state index in [1.54, 1.807) is 0 Å². The van der Waals surface area contributed by atoms with E-state index in [9.17, 15) is 13.2 Å². The van der Waals surface area contributed by atoms with Gasteiger partial charge in [0, 0.05) is 0 Å². The molecular formula is C9H18F3NO3S. The topological polar surface area (TPSA) is 57.6 Å². The van der Waals surface area contributed by atoms with Crippen LogP contribution in [0.25, 0.3) is 0 Å². The van der Waals surface area contributed by atoms with E-state index in [1.165, 1.54) is 32.5 Å². The highest BCUT2D eigenvalue weighted by atomic mass is 32.2. The van der Waals surface area contributed by atoms with Gasteiger partial charge in [-0.3, -0.25) is 4.55 Å². The van der Waals surface area contributed by atoms with Crippen molar-refractivity contribution in [2.45, 2.75) is 32.2 Å². The Morgan fingerprint density at radius 1 is 1.29 bits per heavy atom. The third-order valence-corrected chi connectivity index (χ3v) is 3.20. The fourth-order valence-corrected chi connectivity index (χ4v) is 1.38. The molecular weight excluding hydrogens is 259 g/mol. The van der Waals surface area contributed by atoms with Crippen molar-refractivity contribution in [2.24, 2.45) is 5.92 Å². The first-order valence-electron chi connectivity index (χ1n) is 5.34. The van der Waals surface area contributed by atoms with E-state index < -0.39 is 15.6 Å². The number of rotatable bonds is 1. The van der Waals surface area contributed by atoms with Crippen molar-refractivity contribution in [3.63, 3.8) is 0 Å². The summed E-state index contributed by atoms with van der Waals surface area (Å²) in [5.74, 6) is 0.979. The fourth-order valence-electron chi connectivity index (χ4n) is 1.38. The van der Waals surface area contributed by atoms with Crippen molar-refractivity contribution in [2.75, 3.05) is 19.6 Å². The predicted molar refractivity (Wildman–Crippen MR) is 58.1 cm³/mol. The lowest BCUT2D eigenvalue weighted by Crippen LogP contribution is -2.32. The van der Waals surface area contributed by atoms with Crippen molar-refractivity contribution in [1.29, 1.82) is 0 Å². The molecule has 1 saturated heterocycles. The van der Waals surface area contributed by atoms with E-state index >= 15 is 0 Å². The van der Waals surface area contributed by atoms with Crippen LogP contribution >= 0.6 is 0 Å². The van der Waals surface area contributed by atoms with Crippen LogP contribution < -0.4 is 0 Å². The number of piperidine rings is 1. The Balaban J connectivity index is 0.000000304. The average molecular weight is 277 g/mol. The van der Waals surface area contributed by atoms with Crippen LogP contribution in [0, 0.1) is 5.92 Å². The molecule has 0 unspecified atom stereocenters. The average Bonchev–Trinajstić information content (AvgIpc) is 2.17. The minimum Gasteiger partial charge on any atom is -0.304 e. The first-order chi connectivity index (χ1) is 7.58. The van der Waals surface area contributed by atoms with Gasteiger partial charge in [0.2, 0.25) is 0 Å². The van der Waals surface area contributed by atoms with Crippen LogP contribution in [0.5, 0.6) is 0 Å². The number of hydrogen-bond acceptors (Lipinski definition) is 3. The van der Waals surface area contributed by atoms with Gasteiger partial charge in [-0.15, -0.1) is 0 Å². The Morgan fingerprint density at radius 2 is 1.65 bits per heavy atom. The molecule has 0 bridgehead atoms. The monoisotopic (exact) mass is 277 g/mol. The summed E-state index contributed by atoms with van der Waals surface area (Å²) in [6.45, 7) is 8.51. The molecule has 1 heterocycles. The highest BCUT2D eigenvalue weighted by Crippen LogP contribution is 2.20. The molecule has 0 spiro atoms. The summed E-state index contributed by atoms with van der Waals surface area (Å²) in [6, 6.07) is 0. The van der Waals surface area contributed by atoms with E-state index in [4.69, 9.17) is 13.0 Å². The quantitative estimate of drug-likeness (QED) is 0.589. The molecule has 1 fully saturated rings. The molecule has 8 heteroatoms. The van der Waals surface area contributed by atoms with Crippen molar-refractivity contribution in [3.05, 3.63) is 0 Å². The minimum absolute atomic E-state index is 0.979. The largest absolute Gasteiger partial charge is 0.522 e. The molecule has 1 N–H and O–H groups in total. The zero-order valence-corrected chi connectivity index (χ0v) is 10.7. The van der Waals surface area contributed by atoms with Crippen molar-refractivity contribution >= 4 is 10.1 Å². The van der Waals surface area contributed by atoms with Gasteiger partial charge in [0.25, 0.3) is 0 Å². The van der Waals surface area contributed by atoms with Gasteiger partial charge in [-0.25, -0.2) is 0 Å². The maximum absolute atomic E-state index is 10.7. The highest BCUT2D eigenvalue weighted by molar-refractivity contribution is 7.86. The van der Waals surface area contributed by atoms with E-state index in [0.29, 0.717) is 0 Å². The smallest absolute Gasteiger partial charge is 0.304 e. The Kier molecular flexibility index (Phi) is 6.42. The molecule has 0 aliphatic carbocycles. The van der Waals surface area contributed by atoms with Crippen molar-refractivity contribution in [1.82, 2.24) is 4.90 Å². The summed E-state index contributed by atoms with van der Waals surface area (Å²) in [4.78, 5) is 2.53. The molecule has 17 heavy (non-hydrogen) atoms. The van der Waals surface area contributed by atoms with Gasteiger partial charge in [-0.1, -0.05) is 13.8 Å². The minimum atomic E-state index is -5.84. The van der Waals surface area contributed by atoms with Crippen LogP contribution in [-0.2, 0) is 10.1 Å². The van der Waals surface area contributed by atoms with E-state index in [2.05, 4.69) is 18.7 Å². The fraction of sp³-hybridized carbons (Fsp3) is 1.00. The van der Waals surface area contributed by atoms with Gasteiger partial charge in [-0.2, -0.15) is 21.6 Å². The summed E-state index contributed by atoms with van der Waals surface area (Å²) in [5, 5.41) is 0. The zero-order chi connectivity index (χ0) is 13.7. The van der Waals surface area contributed by atoms with Gasteiger partial charge in [-0.05, 0) is 38.4 Å². The van der Waals surface area contributed by atoms with Crippen LogP contribution in [0.4, 0.5) is 13.2 Å². The van der Waals surface area contributed by atoms with Crippen LogP contribution in [0.1, 0.15) is 26.7 Å². The Labute approximate surface area is 99.5 Å². The molecule has 4 nitrogen and oxygen atoms in total. The molecule has 0 aromatic heterocycles. The summed E-state index contributed by atoms with van der Waals surface area (Å²) >= 11 is 0. The second kappa shape index (κ2) is 6.55. The predicted octanol–water partition coefficient (Wildman–Crippen LogP) is 2.13. The second-order valence-corrected chi connectivity index (χ2v) is 5.45. The number of hydrogen-bond donors (Lipinski definition) is 1. The van der Waals surface area contributed by atoms with E-state index in [0.717, 1.165) is 5.92 Å². The van der Waals surface area contributed by atoms with Crippen molar-refractivity contribution < 1.29 is 26.1 Å². The summed E-state index contributed by atoms with van der Waals surface area (Å²) in [5.41, 5.74) is -5.53. The van der Waals surface area contributed by atoms with Crippen molar-refractivity contribution in [3.8, 4) is 0 Å². The normalized spacial score (nSPS) is 19.6. The molecule has 1 aliphatic heterocycles. The first-order valence-corrected chi connectivity index (χ1v) is 6.78. The van der Waals surface area contributed by atoms with Gasteiger partial charge >= 0.3 is 15.6 Å². The molecule has 0 aromatic rings. The molecule has 0 saturated carbocycles. The molecule has 0 atom stereocenters. The third-order valence-electron chi connectivity index (χ3n) is 2.62. The lowest BCUT2D eigenvalue weighted by molar-refractivity contribution is -0.0510. The number of nitrogens with zero attached hydrogens (tertiary/aromatic N) is 1. The standard InChI is InChI=1S/C8H17N.CHF3O3S/c1-3-9-6-4-8(2)5-7-9;2-1(3,4)8(5,6)7/h8H,3-7H2,1-2H3;(H,5,6,7). The van der Waals surface area contributed by atoms with Crippen LogP contribution in [-0.4, -0.2) is 43.0 Å². The molecule has 1 aliphatic rings. The summed E-state index contributed by atoms with van der Waals surface area (Å²) in [7, 11) is -5.84. The Hall–Kier alpha value is -0.340. The molecule has 0 aromatic carbocycles. The SMILES string of the molecule is CCN1CCC(C)CC1.O=S(=O)(O)C(F)(F)F. The van der Waals surface area contributed by atoms with E-state index in [-0.39, 0.29) is 0 Å². The highest BCUT2D eigenvalue weighted by Gasteiger charge is 2.44. The Bertz CT molecular complexity index is 308. The maximum Gasteiger partial charge on any atom is 0.522 e. The summed E-state index contributed by atoms with van der Waals surface area (Å²) in [6.07, 6.45) is 2.82. The van der Waals surface area contributed by atoms with Gasteiger partial charge in [0.05, 0.1) is 0 Å². The molecule has 104 valence electrons. The van der Waals surface area contributed by atoms with Crippen LogP contribution in [0.3, 0.4) is 0 Å². The number of halogens is 3. The van der Waals surface area contributed by atoms with E-state index in [1.807, 2.05) is 0 Å². The molecule has 1 rings (SSSR count).